The van der Waals surface area contributed by atoms with E-state index in [1.807, 2.05) is 14.0 Å². The van der Waals surface area contributed by atoms with Gasteiger partial charge in [-0.25, -0.2) is 0 Å². The van der Waals surface area contributed by atoms with Gasteiger partial charge in [-0.2, -0.15) is 5.10 Å². The first-order valence-corrected chi connectivity index (χ1v) is 3.60. The molecule has 0 saturated carbocycles. The Bertz CT molecular complexity index is 127. The fourth-order valence-corrected chi connectivity index (χ4v) is 0.710. The average molecular weight is 140 g/mol. The molecule has 0 bridgehead atoms. The van der Waals surface area contributed by atoms with Crippen LogP contribution in [0.4, 0.5) is 0 Å². The van der Waals surface area contributed by atoms with Gasteiger partial charge in [-0.1, -0.05) is 13.0 Å². The van der Waals surface area contributed by atoms with Crippen LogP contribution in [0.1, 0.15) is 27.2 Å². The van der Waals surface area contributed by atoms with Gasteiger partial charge in [0.15, 0.2) is 0 Å². The number of hydrazone groups is 1. The minimum Gasteiger partial charge on any atom is -0.313 e. The molecule has 0 atom stereocenters. The molecular weight excluding hydrogens is 124 g/mol. The first-order valence-electron chi connectivity index (χ1n) is 3.60. The van der Waals surface area contributed by atoms with E-state index in [1.54, 1.807) is 0 Å². The Morgan fingerprint density at radius 1 is 1.50 bits per heavy atom. The topological polar surface area (TPSA) is 24.4 Å². The van der Waals surface area contributed by atoms with Gasteiger partial charge in [-0.3, -0.25) is 0 Å². The monoisotopic (exact) mass is 140 g/mol. The van der Waals surface area contributed by atoms with Crippen molar-refractivity contribution in [2.75, 3.05) is 7.05 Å². The molecule has 1 N–H and O–H groups in total. The fraction of sp³-hybridized carbons (Fsp3) is 0.625. The maximum Gasteiger partial charge on any atom is 0.0597 e. The zero-order chi connectivity index (χ0) is 7.98. The summed E-state index contributed by atoms with van der Waals surface area (Å²) in [7, 11) is 1.81. The van der Waals surface area contributed by atoms with Crippen LogP contribution in [0.5, 0.6) is 0 Å². The van der Waals surface area contributed by atoms with E-state index < -0.39 is 0 Å². The SMILES string of the molecule is CC/C=C(C)\C(C)=N\NC. The second-order valence-corrected chi connectivity index (χ2v) is 2.22. The summed E-state index contributed by atoms with van der Waals surface area (Å²) in [5.41, 5.74) is 5.06. The van der Waals surface area contributed by atoms with E-state index in [1.165, 1.54) is 5.57 Å². The molecule has 0 rings (SSSR count). The van der Waals surface area contributed by atoms with E-state index >= 15 is 0 Å². The normalized spacial score (nSPS) is 13.6. The van der Waals surface area contributed by atoms with Crippen LogP contribution in [-0.2, 0) is 0 Å². The Kier molecular flexibility index (Phi) is 4.63. The van der Waals surface area contributed by atoms with Gasteiger partial charge < -0.3 is 5.43 Å². The van der Waals surface area contributed by atoms with Crippen LogP contribution in [0.15, 0.2) is 16.8 Å². The Labute approximate surface area is 63.0 Å². The summed E-state index contributed by atoms with van der Waals surface area (Å²) >= 11 is 0. The standard InChI is InChI=1S/C8H16N2/c1-5-6-7(2)8(3)10-9-4/h6,9H,5H2,1-4H3/b7-6-,10-8+. The predicted octanol–water partition coefficient (Wildman–Crippen LogP) is 1.94. The zero-order valence-electron chi connectivity index (χ0n) is 7.23. The summed E-state index contributed by atoms with van der Waals surface area (Å²) in [4.78, 5) is 0. The number of nitrogens with zero attached hydrogens (tertiary/aromatic N) is 1. The van der Waals surface area contributed by atoms with Gasteiger partial charge in [0, 0.05) is 7.05 Å². The number of nitrogens with one attached hydrogen (secondary N) is 1. The summed E-state index contributed by atoms with van der Waals surface area (Å²) in [5, 5.41) is 4.04. The Balaban J connectivity index is 4.06. The molecule has 58 valence electrons. The maximum atomic E-state index is 4.04. The number of hydrogen-bond donors (Lipinski definition) is 1. The lowest BCUT2D eigenvalue weighted by Gasteiger charge is -1.98. The average Bonchev–Trinajstić information content (AvgIpc) is 1.89. The van der Waals surface area contributed by atoms with Crippen molar-refractivity contribution in [3.05, 3.63) is 11.6 Å². The fourth-order valence-electron chi connectivity index (χ4n) is 0.710. The molecule has 2 nitrogen and oxygen atoms in total. The van der Waals surface area contributed by atoms with Crippen LogP contribution in [0.2, 0.25) is 0 Å². The highest BCUT2D eigenvalue weighted by Crippen LogP contribution is 1.97. The molecule has 0 amide bonds. The molecule has 0 fully saturated rings. The molecule has 0 unspecified atom stereocenters. The van der Waals surface area contributed by atoms with E-state index in [-0.39, 0.29) is 0 Å². The van der Waals surface area contributed by atoms with Crippen LogP contribution in [0.3, 0.4) is 0 Å². The Hall–Kier alpha value is -0.790. The maximum absolute atomic E-state index is 4.04. The molecule has 0 aromatic carbocycles. The van der Waals surface area contributed by atoms with E-state index in [9.17, 15) is 0 Å². The van der Waals surface area contributed by atoms with E-state index in [4.69, 9.17) is 0 Å². The third-order valence-corrected chi connectivity index (χ3v) is 1.36. The molecular formula is C8H16N2. The third kappa shape index (κ3) is 3.28. The summed E-state index contributed by atoms with van der Waals surface area (Å²) in [6.07, 6.45) is 3.23. The molecule has 0 aromatic heterocycles. The first-order chi connectivity index (χ1) is 4.72. The third-order valence-electron chi connectivity index (χ3n) is 1.36. The lowest BCUT2D eigenvalue weighted by molar-refractivity contribution is 0.898. The highest BCUT2D eigenvalue weighted by Gasteiger charge is 1.90. The zero-order valence-corrected chi connectivity index (χ0v) is 7.23. The highest BCUT2D eigenvalue weighted by molar-refractivity contribution is 5.97. The summed E-state index contributed by atoms with van der Waals surface area (Å²) < 4.78 is 0. The van der Waals surface area contributed by atoms with Crippen molar-refractivity contribution in [1.82, 2.24) is 5.43 Å². The molecule has 0 aliphatic heterocycles. The molecule has 0 spiro atoms. The van der Waals surface area contributed by atoms with Crippen molar-refractivity contribution < 1.29 is 0 Å². The molecule has 0 saturated heterocycles. The highest BCUT2D eigenvalue weighted by atomic mass is 15.3. The molecule has 0 aliphatic carbocycles. The van der Waals surface area contributed by atoms with E-state index in [0.717, 1.165) is 12.1 Å². The van der Waals surface area contributed by atoms with Crippen LogP contribution in [0.25, 0.3) is 0 Å². The van der Waals surface area contributed by atoms with Crippen molar-refractivity contribution in [3.63, 3.8) is 0 Å². The van der Waals surface area contributed by atoms with Crippen molar-refractivity contribution in [1.29, 1.82) is 0 Å². The van der Waals surface area contributed by atoms with Crippen molar-refractivity contribution in [2.45, 2.75) is 27.2 Å². The summed E-state index contributed by atoms with van der Waals surface area (Å²) in [6.45, 7) is 6.19. The molecule has 0 heterocycles. The molecule has 0 radical (unpaired) electrons. The van der Waals surface area contributed by atoms with Crippen molar-refractivity contribution >= 4 is 5.71 Å². The molecule has 0 aliphatic rings. The summed E-state index contributed by atoms with van der Waals surface area (Å²) in [5.74, 6) is 0. The molecule has 10 heavy (non-hydrogen) atoms. The minimum atomic E-state index is 1.06. The van der Waals surface area contributed by atoms with Crippen LogP contribution in [0, 0.1) is 0 Å². The van der Waals surface area contributed by atoms with Crippen LogP contribution in [-0.4, -0.2) is 12.8 Å². The Morgan fingerprint density at radius 2 is 2.10 bits per heavy atom. The first kappa shape index (κ1) is 9.21. The van der Waals surface area contributed by atoms with Gasteiger partial charge in [-0.05, 0) is 25.8 Å². The van der Waals surface area contributed by atoms with Crippen molar-refractivity contribution in [2.24, 2.45) is 5.10 Å². The van der Waals surface area contributed by atoms with Crippen LogP contribution < -0.4 is 5.43 Å². The van der Waals surface area contributed by atoms with Crippen LogP contribution >= 0.6 is 0 Å². The van der Waals surface area contributed by atoms with Gasteiger partial charge in [0.25, 0.3) is 0 Å². The second kappa shape index (κ2) is 5.03. The smallest absolute Gasteiger partial charge is 0.0597 e. The van der Waals surface area contributed by atoms with Crippen molar-refractivity contribution in [3.8, 4) is 0 Å². The lowest BCUT2D eigenvalue weighted by Crippen LogP contribution is -2.02. The lowest BCUT2D eigenvalue weighted by atomic mass is 10.2. The second-order valence-electron chi connectivity index (χ2n) is 2.22. The van der Waals surface area contributed by atoms with Gasteiger partial charge in [0.1, 0.15) is 0 Å². The molecule has 2 heteroatoms. The quantitative estimate of drug-likeness (QED) is 0.470. The minimum absolute atomic E-state index is 1.06. The Morgan fingerprint density at radius 3 is 2.50 bits per heavy atom. The summed E-state index contributed by atoms with van der Waals surface area (Å²) in [6, 6.07) is 0. The largest absolute Gasteiger partial charge is 0.313 e. The van der Waals surface area contributed by atoms with Gasteiger partial charge >= 0.3 is 0 Å². The predicted molar refractivity (Wildman–Crippen MR) is 46.2 cm³/mol. The number of rotatable bonds is 3. The van der Waals surface area contributed by atoms with Gasteiger partial charge in [0.05, 0.1) is 5.71 Å². The van der Waals surface area contributed by atoms with E-state index in [0.29, 0.717) is 0 Å². The number of allylic oxidation sites excluding steroid dienone is 2. The van der Waals surface area contributed by atoms with Gasteiger partial charge in [0.2, 0.25) is 0 Å². The molecule has 0 aromatic rings. The van der Waals surface area contributed by atoms with Gasteiger partial charge in [-0.15, -0.1) is 0 Å². The van der Waals surface area contributed by atoms with E-state index in [2.05, 4.69) is 30.5 Å². The number of hydrogen-bond acceptors (Lipinski definition) is 2.